The van der Waals surface area contributed by atoms with Gasteiger partial charge in [0.25, 0.3) is 11.8 Å². The monoisotopic (exact) mass is 479 g/mol. The van der Waals surface area contributed by atoms with Gasteiger partial charge >= 0.3 is 0 Å². The number of nitrogens with zero attached hydrogens (tertiary/aromatic N) is 1. The van der Waals surface area contributed by atoms with E-state index in [0.29, 0.717) is 27.0 Å². The van der Waals surface area contributed by atoms with Gasteiger partial charge in [-0.2, -0.15) is 5.26 Å². The smallest absolute Gasteiger partial charge is 0.266 e. The summed E-state index contributed by atoms with van der Waals surface area (Å²) in [6.07, 6.45) is 1.36. The molecule has 0 aliphatic carbocycles. The first kappa shape index (κ1) is 23.9. The molecule has 0 aliphatic rings. The van der Waals surface area contributed by atoms with E-state index in [1.54, 1.807) is 54.6 Å². The third-order valence-electron chi connectivity index (χ3n) is 4.54. The molecule has 0 heterocycles. The van der Waals surface area contributed by atoms with Crippen molar-refractivity contribution in [2.45, 2.75) is 6.92 Å². The van der Waals surface area contributed by atoms with Gasteiger partial charge in [-0.25, -0.2) is 0 Å². The summed E-state index contributed by atoms with van der Waals surface area (Å²) < 4.78 is 5.63. The topological polar surface area (TPSA) is 91.2 Å². The number of hydrogen-bond donors (Lipinski definition) is 2. The predicted octanol–water partition coefficient (Wildman–Crippen LogP) is 5.87. The van der Waals surface area contributed by atoms with Crippen LogP contribution in [0.4, 0.5) is 11.4 Å². The minimum atomic E-state index is -0.575. The molecule has 8 heteroatoms. The molecule has 0 saturated heterocycles. The summed E-state index contributed by atoms with van der Waals surface area (Å²) >= 11 is 12.2. The van der Waals surface area contributed by atoms with Gasteiger partial charge in [0.2, 0.25) is 0 Å². The number of amides is 2. The zero-order chi connectivity index (χ0) is 23.8. The second-order valence-electron chi connectivity index (χ2n) is 6.94. The lowest BCUT2D eigenvalue weighted by molar-refractivity contribution is -0.118. The van der Waals surface area contributed by atoms with E-state index in [4.69, 9.17) is 27.9 Å². The van der Waals surface area contributed by atoms with Crippen LogP contribution in [-0.2, 0) is 9.59 Å². The third kappa shape index (κ3) is 6.59. The van der Waals surface area contributed by atoms with Crippen molar-refractivity contribution in [2.75, 3.05) is 17.2 Å². The van der Waals surface area contributed by atoms with E-state index in [0.717, 1.165) is 5.56 Å². The molecule has 0 spiro atoms. The quantitative estimate of drug-likeness (QED) is 0.327. The Morgan fingerprint density at radius 2 is 1.70 bits per heavy atom. The summed E-state index contributed by atoms with van der Waals surface area (Å²) in [5, 5.41) is 15.7. The normalized spacial score (nSPS) is 10.8. The highest BCUT2D eigenvalue weighted by Gasteiger charge is 2.14. The van der Waals surface area contributed by atoms with Gasteiger partial charge in [0, 0.05) is 16.3 Å². The lowest BCUT2D eigenvalue weighted by Gasteiger charge is -2.12. The highest BCUT2D eigenvalue weighted by molar-refractivity contribution is 6.33. The SMILES string of the molecule is Cc1ccccc1NC(=O)/C(C#N)=C\c1cc(Cl)ccc1OCC(=O)Nc1ccccc1Cl. The fourth-order valence-corrected chi connectivity index (χ4v) is 3.23. The maximum Gasteiger partial charge on any atom is 0.266 e. The number of carbonyl (C=O) groups excluding carboxylic acids is 2. The van der Waals surface area contributed by atoms with E-state index in [2.05, 4.69) is 10.6 Å². The molecule has 0 saturated carbocycles. The molecular weight excluding hydrogens is 461 g/mol. The summed E-state index contributed by atoms with van der Waals surface area (Å²) in [6.45, 7) is 1.53. The number of anilines is 2. The summed E-state index contributed by atoms with van der Waals surface area (Å²) in [4.78, 5) is 24.9. The van der Waals surface area contributed by atoms with Crippen molar-refractivity contribution in [3.63, 3.8) is 0 Å². The van der Waals surface area contributed by atoms with E-state index in [9.17, 15) is 14.9 Å². The van der Waals surface area contributed by atoms with Gasteiger partial charge < -0.3 is 15.4 Å². The third-order valence-corrected chi connectivity index (χ3v) is 5.10. The molecule has 3 aromatic carbocycles. The fourth-order valence-electron chi connectivity index (χ4n) is 2.86. The number of rotatable bonds is 7. The van der Waals surface area contributed by atoms with Crippen molar-refractivity contribution >= 4 is 52.5 Å². The molecule has 166 valence electrons. The molecule has 0 aromatic heterocycles. The number of hydrogen-bond acceptors (Lipinski definition) is 4. The first-order valence-electron chi connectivity index (χ1n) is 9.83. The molecule has 0 radical (unpaired) electrons. The Bertz CT molecular complexity index is 1270. The number of aryl methyl sites for hydroxylation is 1. The maximum atomic E-state index is 12.6. The molecule has 2 amide bonds. The maximum absolute atomic E-state index is 12.6. The van der Waals surface area contributed by atoms with E-state index >= 15 is 0 Å². The molecule has 0 bridgehead atoms. The van der Waals surface area contributed by atoms with Crippen LogP contribution in [0.1, 0.15) is 11.1 Å². The van der Waals surface area contributed by atoms with Gasteiger partial charge in [-0.05, 0) is 55.0 Å². The van der Waals surface area contributed by atoms with Crippen LogP contribution < -0.4 is 15.4 Å². The Balaban J connectivity index is 1.76. The molecule has 2 N–H and O–H groups in total. The second-order valence-corrected chi connectivity index (χ2v) is 7.78. The minimum absolute atomic E-state index is 0.147. The van der Waals surface area contributed by atoms with Crippen molar-refractivity contribution in [2.24, 2.45) is 0 Å². The Hall–Kier alpha value is -3.79. The lowest BCUT2D eigenvalue weighted by Crippen LogP contribution is -2.20. The van der Waals surface area contributed by atoms with Crippen molar-refractivity contribution in [1.29, 1.82) is 5.26 Å². The zero-order valence-electron chi connectivity index (χ0n) is 17.6. The number of nitrogens with one attached hydrogen (secondary N) is 2. The van der Waals surface area contributed by atoms with E-state index in [1.807, 2.05) is 25.1 Å². The molecule has 0 fully saturated rings. The van der Waals surface area contributed by atoms with E-state index in [1.165, 1.54) is 6.08 Å². The van der Waals surface area contributed by atoms with Gasteiger partial charge in [0.15, 0.2) is 6.61 Å². The van der Waals surface area contributed by atoms with Gasteiger partial charge in [0.05, 0.1) is 10.7 Å². The van der Waals surface area contributed by atoms with Crippen LogP contribution in [0.2, 0.25) is 10.0 Å². The second kappa shape index (κ2) is 11.2. The molecule has 0 atom stereocenters. The van der Waals surface area contributed by atoms with E-state index in [-0.39, 0.29) is 17.9 Å². The van der Waals surface area contributed by atoms with Crippen LogP contribution in [0.25, 0.3) is 6.08 Å². The highest BCUT2D eigenvalue weighted by Crippen LogP contribution is 2.26. The summed E-state index contributed by atoms with van der Waals surface area (Å²) in [6, 6.07) is 20.6. The van der Waals surface area contributed by atoms with Gasteiger partial charge in [0.1, 0.15) is 17.4 Å². The standard InChI is InChI=1S/C25H19Cl2N3O3/c1-16-6-2-4-8-21(16)30-25(32)18(14-28)12-17-13-19(26)10-11-23(17)33-15-24(31)29-22-9-5-3-7-20(22)27/h2-13H,15H2,1H3,(H,29,31)(H,30,32)/b18-12-. The number of para-hydroxylation sites is 2. The summed E-state index contributed by atoms with van der Waals surface area (Å²) in [5.74, 6) is -0.717. The van der Waals surface area contributed by atoms with Crippen LogP contribution in [0.5, 0.6) is 5.75 Å². The van der Waals surface area contributed by atoms with Gasteiger partial charge in [-0.15, -0.1) is 0 Å². The minimum Gasteiger partial charge on any atom is -0.483 e. The van der Waals surface area contributed by atoms with Gasteiger partial charge in [-0.1, -0.05) is 53.5 Å². The summed E-state index contributed by atoms with van der Waals surface area (Å²) in [5.41, 5.74) is 2.15. The first-order chi connectivity index (χ1) is 15.9. The fraction of sp³-hybridized carbons (Fsp3) is 0.0800. The van der Waals surface area contributed by atoms with Crippen molar-refractivity contribution < 1.29 is 14.3 Å². The Morgan fingerprint density at radius 3 is 2.39 bits per heavy atom. The molecule has 0 unspecified atom stereocenters. The predicted molar refractivity (Wildman–Crippen MR) is 130 cm³/mol. The molecule has 6 nitrogen and oxygen atoms in total. The first-order valence-corrected chi connectivity index (χ1v) is 10.6. The highest BCUT2D eigenvalue weighted by atomic mass is 35.5. The van der Waals surface area contributed by atoms with Crippen LogP contribution in [0.15, 0.2) is 72.3 Å². The van der Waals surface area contributed by atoms with Crippen molar-refractivity contribution in [3.05, 3.63) is 93.5 Å². The zero-order valence-corrected chi connectivity index (χ0v) is 19.1. The molecule has 33 heavy (non-hydrogen) atoms. The largest absolute Gasteiger partial charge is 0.483 e. The number of benzene rings is 3. The van der Waals surface area contributed by atoms with Crippen LogP contribution in [0, 0.1) is 18.3 Å². The van der Waals surface area contributed by atoms with Crippen molar-refractivity contribution in [1.82, 2.24) is 0 Å². The molecular formula is C25H19Cl2N3O3. The van der Waals surface area contributed by atoms with Gasteiger partial charge in [-0.3, -0.25) is 9.59 Å². The van der Waals surface area contributed by atoms with Crippen LogP contribution in [0.3, 0.4) is 0 Å². The number of ether oxygens (including phenoxy) is 1. The number of carbonyl (C=O) groups is 2. The Labute approximate surface area is 201 Å². The van der Waals surface area contributed by atoms with Crippen LogP contribution in [-0.4, -0.2) is 18.4 Å². The average Bonchev–Trinajstić information content (AvgIpc) is 2.79. The lowest BCUT2D eigenvalue weighted by atomic mass is 10.1. The molecule has 3 aromatic rings. The Kier molecular flexibility index (Phi) is 8.09. The summed E-state index contributed by atoms with van der Waals surface area (Å²) in [7, 11) is 0. The van der Waals surface area contributed by atoms with E-state index < -0.39 is 11.8 Å². The van der Waals surface area contributed by atoms with Crippen LogP contribution >= 0.6 is 23.2 Å². The molecule has 0 aliphatic heterocycles. The molecule has 3 rings (SSSR count). The number of halogens is 2. The Morgan fingerprint density at radius 1 is 1.00 bits per heavy atom. The van der Waals surface area contributed by atoms with Crippen molar-refractivity contribution in [3.8, 4) is 11.8 Å². The number of nitriles is 1. The average molecular weight is 480 g/mol.